The van der Waals surface area contributed by atoms with E-state index in [0.717, 1.165) is 24.1 Å². The van der Waals surface area contributed by atoms with Gasteiger partial charge in [0.05, 0.1) is 15.5 Å². The minimum Gasteiger partial charge on any atom is -0.483 e. The Hall–Kier alpha value is -3.13. The molecule has 0 aliphatic rings. The second kappa shape index (κ2) is 8.82. The molecular weight excluding hydrogens is 362 g/mol. The number of nitro benzene ring substituents is 1. The fourth-order valence-corrected chi connectivity index (χ4v) is 2.37. The van der Waals surface area contributed by atoms with Crippen LogP contribution >= 0.6 is 11.6 Å². The molecule has 2 aromatic rings. The van der Waals surface area contributed by atoms with E-state index in [-0.39, 0.29) is 22.9 Å². The molecule has 2 N–H and O–H groups in total. The molecule has 0 saturated heterocycles. The molecule has 0 bridgehead atoms. The topological polar surface area (TPSA) is 111 Å². The summed E-state index contributed by atoms with van der Waals surface area (Å²) in [6.45, 7) is 1.68. The Kier molecular flexibility index (Phi) is 6.51. The van der Waals surface area contributed by atoms with E-state index in [1.807, 2.05) is 19.1 Å². The van der Waals surface area contributed by atoms with E-state index in [9.17, 15) is 19.7 Å². The van der Waals surface area contributed by atoms with Crippen LogP contribution in [0.5, 0.6) is 5.75 Å². The van der Waals surface area contributed by atoms with Crippen molar-refractivity contribution in [3.63, 3.8) is 0 Å². The molecule has 0 heterocycles. The van der Waals surface area contributed by atoms with E-state index in [1.165, 1.54) is 6.07 Å². The van der Waals surface area contributed by atoms with E-state index in [4.69, 9.17) is 16.3 Å². The van der Waals surface area contributed by atoms with E-state index in [1.54, 1.807) is 12.1 Å². The van der Waals surface area contributed by atoms with Crippen molar-refractivity contribution in [1.82, 2.24) is 10.9 Å². The summed E-state index contributed by atoms with van der Waals surface area (Å²) in [5, 5.41) is 10.6. The Morgan fingerprint density at radius 2 is 1.92 bits per heavy atom. The molecule has 26 heavy (non-hydrogen) atoms. The zero-order valence-corrected chi connectivity index (χ0v) is 14.6. The van der Waals surface area contributed by atoms with Gasteiger partial charge in [0.25, 0.3) is 17.5 Å². The summed E-state index contributed by atoms with van der Waals surface area (Å²) in [7, 11) is 0. The number of halogens is 1. The number of amides is 2. The average molecular weight is 378 g/mol. The lowest BCUT2D eigenvalue weighted by Crippen LogP contribution is -2.43. The van der Waals surface area contributed by atoms with Crippen molar-refractivity contribution in [2.75, 3.05) is 6.61 Å². The molecule has 0 aliphatic carbocycles. The fraction of sp³-hybridized carbons (Fsp3) is 0.176. The number of ether oxygens (including phenoxy) is 1. The largest absolute Gasteiger partial charge is 0.483 e. The first kappa shape index (κ1) is 19.2. The Morgan fingerprint density at radius 3 is 2.58 bits per heavy atom. The smallest absolute Gasteiger partial charge is 0.276 e. The van der Waals surface area contributed by atoms with Crippen LogP contribution in [-0.2, 0) is 11.2 Å². The fourth-order valence-electron chi connectivity index (χ4n) is 2.11. The third kappa shape index (κ3) is 4.93. The zero-order valence-electron chi connectivity index (χ0n) is 13.8. The number of benzene rings is 2. The predicted octanol–water partition coefficient (Wildman–Crippen LogP) is 2.65. The highest BCUT2D eigenvalue weighted by atomic mass is 35.5. The third-order valence-electron chi connectivity index (χ3n) is 3.44. The summed E-state index contributed by atoms with van der Waals surface area (Å²) in [6, 6.07) is 10.7. The number of hydrazine groups is 1. The maximum absolute atomic E-state index is 12.0. The number of hydrogen-bond acceptors (Lipinski definition) is 5. The minimum atomic E-state index is -0.702. The number of carbonyl (C=O) groups excluding carboxylic acids is 2. The summed E-state index contributed by atoms with van der Waals surface area (Å²) in [4.78, 5) is 33.8. The van der Waals surface area contributed by atoms with Gasteiger partial charge in [-0.3, -0.25) is 30.6 Å². The zero-order chi connectivity index (χ0) is 19.1. The van der Waals surface area contributed by atoms with E-state index in [0.29, 0.717) is 5.75 Å². The average Bonchev–Trinajstić information content (AvgIpc) is 2.64. The monoisotopic (exact) mass is 377 g/mol. The van der Waals surface area contributed by atoms with Crippen LogP contribution in [0.1, 0.15) is 22.8 Å². The summed E-state index contributed by atoms with van der Waals surface area (Å²) >= 11 is 5.86. The number of carbonyl (C=O) groups is 2. The maximum atomic E-state index is 12.0. The van der Waals surface area contributed by atoms with Crippen molar-refractivity contribution < 1.29 is 19.2 Å². The highest BCUT2D eigenvalue weighted by molar-refractivity contribution is 6.34. The van der Waals surface area contributed by atoms with Crippen molar-refractivity contribution in [1.29, 1.82) is 0 Å². The van der Waals surface area contributed by atoms with Gasteiger partial charge in [-0.05, 0) is 24.1 Å². The molecule has 2 amide bonds. The van der Waals surface area contributed by atoms with Crippen molar-refractivity contribution in [2.24, 2.45) is 0 Å². The molecule has 0 spiro atoms. The van der Waals surface area contributed by atoms with Crippen LogP contribution in [0.15, 0.2) is 42.5 Å². The number of nitro groups is 1. The first-order valence-electron chi connectivity index (χ1n) is 7.66. The van der Waals surface area contributed by atoms with Gasteiger partial charge in [0.15, 0.2) is 6.61 Å². The molecule has 2 aromatic carbocycles. The Balaban J connectivity index is 1.89. The lowest BCUT2D eigenvalue weighted by Gasteiger charge is -2.11. The number of nitrogens with zero attached hydrogens (tertiary/aromatic N) is 1. The minimum absolute atomic E-state index is 0.00480. The predicted molar refractivity (Wildman–Crippen MR) is 95.0 cm³/mol. The number of nitrogens with one attached hydrogen (secondary N) is 2. The molecule has 0 radical (unpaired) electrons. The number of aryl methyl sites for hydroxylation is 1. The van der Waals surface area contributed by atoms with Crippen LogP contribution < -0.4 is 15.6 Å². The molecule has 136 valence electrons. The van der Waals surface area contributed by atoms with Crippen molar-refractivity contribution >= 4 is 29.1 Å². The van der Waals surface area contributed by atoms with Gasteiger partial charge in [-0.15, -0.1) is 0 Å². The summed E-state index contributed by atoms with van der Waals surface area (Å²) < 4.78 is 5.43. The van der Waals surface area contributed by atoms with Gasteiger partial charge in [0.2, 0.25) is 0 Å². The van der Waals surface area contributed by atoms with E-state index >= 15 is 0 Å². The standard InChI is InChI=1S/C17H16ClN3O5/c1-2-11-5-3-4-6-15(11)26-10-16(22)19-20-17(23)13-8-7-12(21(24)25)9-14(13)18/h3-9H,2,10H2,1H3,(H,19,22)(H,20,23). The molecule has 0 atom stereocenters. The molecule has 0 fully saturated rings. The van der Waals surface area contributed by atoms with E-state index < -0.39 is 16.7 Å². The summed E-state index contributed by atoms with van der Waals surface area (Å²) in [6.07, 6.45) is 0.757. The molecule has 0 unspecified atom stereocenters. The highest BCUT2D eigenvalue weighted by Gasteiger charge is 2.15. The highest BCUT2D eigenvalue weighted by Crippen LogP contribution is 2.22. The molecular formula is C17H16ClN3O5. The van der Waals surface area contributed by atoms with Crippen molar-refractivity contribution in [2.45, 2.75) is 13.3 Å². The van der Waals surface area contributed by atoms with Crippen LogP contribution in [-0.4, -0.2) is 23.3 Å². The third-order valence-corrected chi connectivity index (χ3v) is 3.75. The molecule has 2 rings (SSSR count). The lowest BCUT2D eigenvalue weighted by molar-refractivity contribution is -0.384. The van der Waals surface area contributed by atoms with Crippen LogP contribution in [0, 0.1) is 10.1 Å². The normalized spacial score (nSPS) is 10.1. The Bertz CT molecular complexity index is 841. The number of para-hydroxylation sites is 1. The van der Waals surface area contributed by atoms with Gasteiger partial charge in [-0.2, -0.15) is 0 Å². The van der Waals surface area contributed by atoms with Crippen LogP contribution in [0.4, 0.5) is 5.69 Å². The first-order chi connectivity index (χ1) is 12.4. The molecule has 8 nitrogen and oxygen atoms in total. The molecule has 0 saturated carbocycles. The van der Waals surface area contributed by atoms with Gasteiger partial charge in [0, 0.05) is 12.1 Å². The van der Waals surface area contributed by atoms with Gasteiger partial charge in [-0.1, -0.05) is 36.7 Å². The van der Waals surface area contributed by atoms with Crippen LogP contribution in [0.25, 0.3) is 0 Å². The van der Waals surface area contributed by atoms with Gasteiger partial charge in [0.1, 0.15) is 5.75 Å². The second-order valence-electron chi connectivity index (χ2n) is 5.17. The van der Waals surface area contributed by atoms with Gasteiger partial charge in [-0.25, -0.2) is 0 Å². The number of non-ortho nitro benzene ring substituents is 1. The van der Waals surface area contributed by atoms with Crippen molar-refractivity contribution in [3.8, 4) is 5.75 Å². The Labute approximate surface area is 154 Å². The molecule has 9 heteroatoms. The molecule has 0 aliphatic heterocycles. The second-order valence-corrected chi connectivity index (χ2v) is 5.58. The first-order valence-corrected chi connectivity index (χ1v) is 8.04. The van der Waals surface area contributed by atoms with Gasteiger partial charge < -0.3 is 4.74 Å². The molecule has 0 aromatic heterocycles. The van der Waals surface area contributed by atoms with Crippen LogP contribution in [0.2, 0.25) is 5.02 Å². The Morgan fingerprint density at radius 1 is 1.19 bits per heavy atom. The quantitative estimate of drug-likeness (QED) is 0.594. The van der Waals surface area contributed by atoms with E-state index in [2.05, 4.69) is 10.9 Å². The van der Waals surface area contributed by atoms with Crippen LogP contribution in [0.3, 0.4) is 0 Å². The lowest BCUT2D eigenvalue weighted by atomic mass is 10.1. The summed E-state index contributed by atoms with van der Waals surface area (Å²) in [5.41, 5.74) is 5.10. The number of rotatable bonds is 6. The SMILES string of the molecule is CCc1ccccc1OCC(=O)NNC(=O)c1ccc([N+](=O)[O-])cc1Cl. The number of hydrogen-bond donors (Lipinski definition) is 2. The maximum Gasteiger partial charge on any atom is 0.276 e. The summed E-state index contributed by atoms with van der Waals surface area (Å²) in [5.74, 6) is -0.676. The van der Waals surface area contributed by atoms with Crippen molar-refractivity contribution in [3.05, 3.63) is 68.7 Å². The van der Waals surface area contributed by atoms with Gasteiger partial charge >= 0.3 is 0 Å².